The normalized spacial score (nSPS) is 17.1. The lowest BCUT2D eigenvalue weighted by atomic mass is 10.0. The number of fused-ring (bicyclic) bond motifs is 1. The topological polar surface area (TPSA) is 86.8 Å². The lowest BCUT2D eigenvalue weighted by Crippen LogP contribution is -2.46. The highest BCUT2D eigenvalue weighted by atomic mass is 16.2. The summed E-state index contributed by atoms with van der Waals surface area (Å²) < 4.78 is 0. The Morgan fingerprint density at radius 3 is 2.23 bits per heavy atom. The molecule has 0 atom stereocenters. The van der Waals surface area contributed by atoms with Crippen molar-refractivity contribution in [2.75, 3.05) is 19.6 Å². The molecule has 1 fully saturated rings. The molecule has 7 heteroatoms. The average Bonchev–Trinajstić information content (AvgIpc) is 2.92. The lowest BCUT2D eigenvalue weighted by Gasteiger charge is -2.32. The van der Waals surface area contributed by atoms with Crippen LogP contribution in [0.3, 0.4) is 0 Å². The van der Waals surface area contributed by atoms with E-state index in [0.29, 0.717) is 61.5 Å². The molecule has 7 nitrogen and oxygen atoms in total. The summed E-state index contributed by atoms with van der Waals surface area (Å²) in [7, 11) is 0. The highest BCUT2D eigenvalue weighted by Crippen LogP contribution is 2.25. The first-order valence-corrected chi connectivity index (χ1v) is 10.8. The molecule has 3 rings (SSSR count). The quantitative estimate of drug-likeness (QED) is 0.727. The Balaban J connectivity index is 1.61. The molecule has 30 heavy (non-hydrogen) atoms. The van der Waals surface area contributed by atoms with Crippen LogP contribution >= 0.6 is 0 Å². The fraction of sp³-hybridized carbons (Fsp3) is 0.565. The zero-order valence-electron chi connectivity index (χ0n) is 18.2. The average molecular weight is 414 g/mol. The van der Waals surface area contributed by atoms with Gasteiger partial charge in [-0.2, -0.15) is 0 Å². The smallest absolute Gasteiger partial charge is 0.261 e. The molecular weight excluding hydrogens is 382 g/mol. The number of hydrogen-bond donors (Lipinski definition) is 1. The molecule has 0 unspecified atom stereocenters. The zero-order chi connectivity index (χ0) is 22.0. The Hall–Kier alpha value is -2.70. The lowest BCUT2D eigenvalue weighted by molar-refractivity contribution is -0.133. The van der Waals surface area contributed by atoms with E-state index in [2.05, 4.69) is 5.32 Å². The third-order valence-electron chi connectivity index (χ3n) is 5.55. The van der Waals surface area contributed by atoms with Gasteiger partial charge in [0.25, 0.3) is 17.7 Å². The van der Waals surface area contributed by atoms with Gasteiger partial charge in [-0.3, -0.25) is 24.1 Å². The number of nitrogens with one attached hydrogen (secondary N) is 1. The van der Waals surface area contributed by atoms with Gasteiger partial charge in [-0.25, -0.2) is 0 Å². The summed E-state index contributed by atoms with van der Waals surface area (Å²) in [6, 6.07) is 4.67. The number of likely N-dealkylation sites (tertiary alicyclic amines) is 1. The molecule has 2 heterocycles. The third kappa shape index (κ3) is 4.71. The first-order valence-electron chi connectivity index (χ1n) is 10.8. The predicted molar refractivity (Wildman–Crippen MR) is 113 cm³/mol. The van der Waals surface area contributed by atoms with Crippen LogP contribution in [0.2, 0.25) is 0 Å². The van der Waals surface area contributed by atoms with E-state index in [1.165, 1.54) is 11.0 Å². The van der Waals surface area contributed by atoms with E-state index in [4.69, 9.17) is 0 Å². The largest absolute Gasteiger partial charge is 0.349 e. The number of hydrogen-bond acceptors (Lipinski definition) is 4. The molecule has 162 valence electrons. The van der Waals surface area contributed by atoms with Crippen LogP contribution in [-0.2, 0) is 4.79 Å². The fourth-order valence-corrected chi connectivity index (χ4v) is 3.98. The Morgan fingerprint density at radius 1 is 1.00 bits per heavy atom. The molecule has 1 saturated heterocycles. The van der Waals surface area contributed by atoms with Crippen LogP contribution in [0.25, 0.3) is 0 Å². The molecule has 2 aliphatic heterocycles. The Kier molecular flexibility index (Phi) is 6.58. The SMILES string of the molecule is CC(C)CC(=O)N1CCC(NC(=O)c2ccc3c(c2)C(=O)N(CC(C)C)C3=O)CC1. The van der Waals surface area contributed by atoms with Gasteiger partial charge in [0, 0.05) is 37.7 Å². The summed E-state index contributed by atoms with van der Waals surface area (Å²) in [5.74, 6) is -0.215. The second-order valence-corrected chi connectivity index (χ2v) is 9.10. The van der Waals surface area contributed by atoms with E-state index in [1.807, 2.05) is 32.6 Å². The number of nitrogens with zero attached hydrogens (tertiary/aromatic N) is 2. The molecular formula is C23H31N3O4. The number of carbonyl (C=O) groups excluding carboxylic acids is 4. The Bertz CT molecular complexity index is 854. The molecule has 1 aromatic carbocycles. The minimum absolute atomic E-state index is 0.0105. The van der Waals surface area contributed by atoms with E-state index in [0.717, 1.165) is 0 Å². The highest BCUT2D eigenvalue weighted by Gasteiger charge is 2.36. The summed E-state index contributed by atoms with van der Waals surface area (Å²) >= 11 is 0. The molecule has 2 aliphatic rings. The number of amides is 4. The third-order valence-corrected chi connectivity index (χ3v) is 5.55. The van der Waals surface area contributed by atoms with Gasteiger partial charge < -0.3 is 10.2 Å². The van der Waals surface area contributed by atoms with Crippen molar-refractivity contribution in [3.63, 3.8) is 0 Å². The van der Waals surface area contributed by atoms with E-state index in [9.17, 15) is 19.2 Å². The summed E-state index contributed by atoms with van der Waals surface area (Å²) in [4.78, 5) is 53.1. The van der Waals surface area contributed by atoms with Crippen LogP contribution in [0.5, 0.6) is 0 Å². The standard InChI is InChI=1S/C23H31N3O4/c1-14(2)11-20(27)25-9-7-17(8-10-25)24-21(28)16-5-6-18-19(12-16)23(30)26(22(18)29)13-15(3)4/h5-6,12,14-15,17H,7-11,13H2,1-4H3,(H,24,28). The van der Waals surface area contributed by atoms with Crippen molar-refractivity contribution >= 4 is 23.6 Å². The van der Waals surface area contributed by atoms with Gasteiger partial charge in [0.15, 0.2) is 0 Å². The molecule has 4 amide bonds. The van der Waals surface area contributed by atoms with Crippen molar-refractivity contribution in [3.8, 4) is 0 Å². The molecule has 0 radical (unpaired) electrons. The van der Waals surface area contributed by atoms with Gasteiger partial charge in [0.2, 0.25) is 5.91 Å². The summed E-state index contributed by atoms with van der Waals surface area (Å²) in [5.41, 5.74) is 1.02. The van der Waals surface area contributed by atoms with Crippen LogP contribution < -0.4 is 5.32 Å². The van der Waals surface area contributed by atoms with Gasteiger partial charge in [-0.05, 0) is 42.9 Å². The van der Waals surface area contributed by atoms with Crippen LogP contribution in [0.15, 0.2) is 18.2 Å². The molecule has 0 aromatic heterocycles. The van der Waals surface area contributed by atoms with Gasteiger partial charge in [-0.1, -0.05) is 27.7 Å². The predicted octanol–water partition coefficient (Wildman–Crippen LogP) is 2.71. The molecule has 0 aliphatic carbocycles. The highest BCUT2D eigenvalue weighted by molar-refractivity contribution is 6.22. The maximum absolute atomic E-state index is 12.7. The van der Waals surface area contributed by atoms with Crippen LogP contribution in [0.4, 0.5) is 0 Å². The Morgan fingerprint density at radius 2 is 1.63 bits per heavy atom. The van der Waals surface area contributed by atoms with E-state index >= 15 is 0 Å². The van der Waals surface area contributed by atoms with Gasteiger partial charge in [0.05, 0.1) is 11.1 Å². The van der Waals surface area contributed by atoms with E-state index in [-0.39, 0.29) is 35.6 Å². The van der Waals surface area contributed by atoms with E-state index < -0.39 is 0 Å². The number of rotatable bonds is 6. The van der Waals surface area contributed by atoms with Gasteiger partial charge in [0.1, 0.15) is 0 Å². The van der Waals surface area contributed by atoms with Crippen molar-refractivity contribution < 1.29 is 19.2 Å². The number of imide groups is 1. The maximum atomic E-state index is 12.7. The monoisotopic (exact) mass is 413 g/mol. The molecule has 0 spiro atoms. The zero-order valence-corrected chi connectivity index (χ0v) is 18.2. The molecule has 1 N–H and O–H groups in total. The van der Waals surface area contributed by atoms with Gasteiger partial charge in [-0.15, -0.1) is 0 Å². The van der Waals surface area contributed by atoms with Crippen molar-refractivity contribution in [1.29, 1.82) is 0 Å². The van der Waals surface area contributed by atoms with Gasteiger partial charge >= 0.3 is 0 Å². The summed E-state index contributed by atoms with van der Waals surface area (Å²) in [5, 5.41) is 3.01. The minimum atomic E-state index is -0.338. The van der Waals surface area contributed by atoms with Crippen LogP contribution in [0, 0.1) is 11.8 Å². The molecule has 1 aromatic rings. The number of benzene rings is 1. The van der Waals surface area contributed by atoms with Crippen molar-refractivity contribution in [3.05, 3.63) is 34.9 Å². The van der Waals surface area contributed by atoms with Crippen LogP contribution in [0.1, 0.15) is 78.0 Å². The summed E-state index contributed by atoms with van der Waals surface area (Å²) in [6.45, 7) is 9.59. The minimum Gasteiger partial charge on any atom is -0.349 e. The molecule has 0 bridgehead atoms. The second-order valence-electron chi connectivity index (χ2n) is 9.10. The second kappa shape index (κ2) is 8.98. The number of piperidine rings is 1. The van der Waals surface area contributed by atoms with Crippen molar-refractivity contribution in [2.24, 2.45) is 11.8 Å². The fourth-order valence-electron chi connectivity index (χ4n) is 3.98. The Labute approximate surface area is 177 Å². The summed E-state index contributed by atoms with van der Waals surface area (Å²) in [6.07, 6.45) is 1.97. The maximum Gasteiger partial charge on any atom is 0.261 e. The first-order chi connectivity index (χ1) is 14.2. The van der Waals surface area contributed by atoms with Crippen LogP contribution in [-0.4, -0.2) is 59.1 Å². The van der Waals surface area contributed by atoms with Crippen molar-refractivity contribution in [2.45, 2.75) is 53.0 Å². The van der Waals surface area contributed by atoms with E-state index in [1.54, 1.807) is 12.1 Å². The molecule has 0 saturated carbocycles. The van der Waals surface area contributed by atoms with Crippen molar-refractivity contribution in [1.82, 2.24) is 15.1 Å². The first kappa shape index (κ1) is 22.0. The number of carbonyl (C=O) groups is 4.